The van der Waals surface area contributed by atoms with Crippen LogP contribution in [0.15, 0.2) is 41.6 Å². The van der Waals surface area contributed by atoms with Gasteiger partial charge in [-0.15, -0.1) is 10.2 Å². The van der Waals surface area contributed by atoms with Gasteiger partial charge >= 0.3 is 0 Å². The highest BCUT2D eigenvalue weighted by Gasteiger charge is 2.21. The SMILES string of the molecule is CCN(Cc1cccc2c1OCCO2)C(=O)CSc1nnc(C)n1-c1cc(C)ccc1C. The van der Waals surface area contributed by atoms with E-state index in [1.165, 1.54) is 17.3 Å². The van der Waals surface area contributed by atoms with Crippen LogP contribution in [0, 0.1) is 20.8 Å². The Morgan fingerprint density at radius 1 is 1.12 bits per heavy atom. The Morgan fingerprint density at radius 3 is 2.75 bits per heavy atom. The first-order valence-corrected chi connectivity index (χ1v) is 11.7. The van der Waals surface area contributed by atoms with Crippen LogP contribution in [-0.4, -0.2) is 51.1 Å². The fourth-order valence-electron chi connectivity index (χ4n) is 3.73. The molecule has 0 spiro atoms. The van der Waals surface area contributed by atoms with Gasteiger partial charge in [0.1, 0.15) is 19.0 Å². The van der Waals surface area contributed by atoms with E-state index in [2.05, 4.69) is 42.2 Å². The van der Waals surface area contributed by atoms with Gasteiger partial charge in [-0.1, -0.05) is 36.0 Å². The predicted molar refractivity (Wildman–Crippen MR) is 125 cm³/mol. The van der Waals surface area contributed by atoms with Gasteiger partial charge in [-0.2, -0.15) is 0 Å². The molecular formula is C24H28N4O3S. The normalized spacial score (nSPS) is 12.6. The Bertz CT molecular complexity index is 1130. The lowest BCUT2D eigenvalue weighted by Crippen LogP contribution is -2.32. The number of benzene rings is 2. The molecule has 1 aliphatic heterocycles. The van der Waals surface area contributed by atoms with E-state index in [-0.39, 0.29) is 11.7 Å². The Balaban J connectivity index is 1.49. The molecule has 0 saturated carbocycles. The van der Waals surface area contributed by atoms with E-state index in [9.17, 15) is 4.79 Å². The maximum absolute atomic E-state index is 13.1. The maximum atomic E-state index is 13.1. The number of thioether (sulfide) groups is 1. The number of carbonyl (C=O) groups is 1. The molecule has 4 rings (SSSR count). The van der Waals surface area contributed by atoms with Crippen LogP contribution in [0.2, 0.25) is 0 Å². The zero-order chi connectivity index (χ0) is 22.7. The van der Waals surface area contributed by atoms with Crippen LogP contribution in [0.3, 0.4) is 0 Å². The first-order valence-electron chi connectivity index (χ1n) is 10.8. The minimum absolute atomic E-state index is 0.0417. The number of fused-ring (bicyclic) bond motifs is 1. The van der Waals surface area contributed by atoms with Gasteiger partial charge in [0.15, 0.2) is 16.7 Å². The van der Waals surface area contributed by atoms with Gasteiger partial charge in [-0.3, -0.25) is 9.36 Å². The van der Waals surface area contributed by atoms with Gasteiger partial charge in [0.25, 0.3) is 0 Å². The van der Waals surface area contributed by atoms with E-state index in [0.29, 0.717) is 26.3 Å². The molecule has 1 aromatic heterocycles. The summed E-state index contributed by atoms with van der Waals surface area (Å²) < 4.78 is 13.5. The van der Waals surface area contributed by atoms with Crippen molar-refractivity contribution in [2.24, 2.45) is 0 Å². The predicted octanol–water partition coefficient (Wildman–Crippen LogP) is 4.10. The Kier molecular flexibility index (Phi) is 6.69. The molecule has 0 unspecified atom stereocenters. The summed E-state index contributed by atoms with van der Waals surface area (Å²) in [4.78, 5) is 14.9. The van der Waals surface area contributed by atoms with Crippen LogP contribution in [0.5, 0.6) is 11.5 Å². The molecule has 2 aromatic carbocycles. The molecule has 0 atom stereocenters. The van der Waals surface area contributed by atoms with E-state index in [0.717, 1.165) is 39.3 Å². The van der Waals surface area contributed by atoms with Gasteiger partial charge in [0.2, 0.25) is 5.91 Å². The monoisotopic (exact) mass is 452 g/mol. The largest absolute Gasteiger partial charge is 0.486 e. The summed E-state index contributed by atoms with van der Waals surface area (Å²) in [5.74, 6) is 2.60. The molecule has 0 radical (unpaired) electrons. The van der Waals surface area contributed by atoms with Gasteiger partial charge < -0.3 is 14.4 Å². The molecule has 32 heavy (non-hydrogen) atoms. The van der Waals surface area contributed by atoms with Crippen molar-refractivity contribution in [2.45, 2.75) is 39.4 Å². The van der Waals surface area contributed by atoms with Gasteiger partial charge in [0, 0.05) is 18.7 Å². The van der Waals surface area contributed by atoms with E-state index in [4.69, 9.17) is 9.47 Å². The fourth-order valence-corrected chi connectivity index (χ4v) is 4.63. The standard InChI is InChI=1S/C24H28N4O3S/c1-5-27(14-19-7-6-8-21-23(19)31-12-11-30-21)22(29)15-32-24-26-25-18(4)28(24)20-13-16(2)9-10-17(20)3/h6-10,13H,5,11-12,14-15H2,1-4H3. The highest BCUT2D eigenvalue weighted by Crippen LogP contribution is 2.34. The molecule has 0 bridgehead atoms. The van der Waals surface area contributed by atoms with Crippen molar-refractivity contribution in [1.82, 2.24) is 19.7 Å². The van der Waals surface area contributed by atoms with Crippen LogP contribution in [0.25, 0.3) is 5.69 Å². The third-order valence-corrected chi connectivity index (χ3v) is 6.38. The first-order chi connectivity index (χ1) is 15.5. The van der Waals surface area contributed by atoms with Gasteiger partial charge in [0.05, 0.1) is 11.4 Å². The minimum atomic E-state index is 0.0417. The maximum Gasteiger partial charge on any atom is 0.233 e. The van der Waals surface area contributed by atoms with E-state index in [1.807, 2.05) is 41.5 Å². The number of para-hydroxylation sites is 1. The number of carbonyl (C=O) groups excluding carboxylic acids is 1. The van der Waals surface area contributed by atoms with Crippen molar-refractivity contribution in [1.29, 1.82) is 0 Å². The summed E-state index contributed by atoms with van der Waals surface area (Å²) in [6.45, 7) is 10.2. The second-order valence-corrected chi connectivity index (χ2v) is 8.74. The Morgan fingerprint density at radius 2 is 1.94 bits per heavy atom. The van der Waals surface area contributed by atoms with E-state index in [1.54, 1.807) is 0 Å². The number of amides is 1. The second-order valence-electron chi connectivity index (χ2n) is 7.79. The molecule has 3 aromatic rings. The fraction of sp³-hybridized carbons (Fsp3) is 0.375. The lowest BCUT2D eigenvalue weighted by atomic mass is 10.1. The number of rotatable bonds is 7. The molecule has 0 saturated heterocycles. The van der Waals surface area contributed by atoms with Crippen molar-refractivity contribution in [2.75, 3.05) is 25.5 Å². The molecule has 0 N–H and O–H groups in total. The van der Waals surface area contributed by atoms with Crippen LogP contribution in [-0.2, 0) is 11.3 Å². The van der Waals surface area contributed by atoms with Crippen molar-refractivity contribution in [3.05, 3.63) is 58.9 Å². The molecule has 1 aliphatic rings. The zero-order valence-electron chi connectivity index (χ0n) is 18.9. The van der Waals surface area contributed by atoms with Crippen LogP contribution >= 0.6 is 11.8 Å². The molecule has 7 nitrogen and oxygen atoms in total. The Labute approximate surface area is 192 Å². The van der Waals surface area contributed by atoms with E-state index >= 15 is 0 Å². The molecular weight excluding hydrogens is 424 g/mol. The summed E-state index contributed by atoms with van der Waals surface area (Å²) >= 11 is 1.41. The number of hydrogen-bond acceptors (Lipinski definition) is 6. The first kappa shape index (κ1) is 22.2. The third-order valence-electron chi connectivity index (χ3n) is 5.47. The summed E-state index contributed by atoms with van der Waals surface area (Å²) in [6, 6.07) is 12.1. The minimum Gasteiger partial charge on any atom is -0.486 e. The topological polar surface area (TPSA) is 69.5 Å². The summed E-state index contributed by atoms with van der Waals surface area (Å²) in [5.41, 5.74) is 4.30. The van der Waals surface area contributed by atoms with Crippen LogP contribution in [0.1, 0.15) is 29.4 Å². The molecule has 168 valence electrons. The summed E-state index contributed by atoms with van der Waals surface area (Å²) in [7, 11) is 0. The molecule has 0 fully saturated rings. The van der Waals surface area contributed by atoms with Crippen molar-refractivity contribution < 1.29 is 14.3 Å². The molecule has 0 aliphatic carbocycles. The van der Waals surface area contributed by atoms with Crippen molar-refractivity contribution >= 4 is 17.7 Å². The van der Waals surface area contributed by atoms with Gasteiger partial charge in [-0.05, 0) is 51.0 Å². The van der Waals surface area contributed by atoms with Gasteiger partial charge in [-0.25, -0.2) is 0 Å². The molecule has 2 heterocycles. The lowest BCUT2D eigenvalue weighted by molar-refractivity contribution is -0.128. The average molecular weight is 453 g/mol. The summed E-state index contributed by atoms with van der Waals surface area (Å²) in [5, 5.41) is 9.31. The number of hydrogen-bond donors (Lipinski definition) is 0. The van der Waals surface area contributed by atoms with Crippen molar-refractivity contribution in [3.63, 3.8) is 0 Å². The molecule has 1 amide bonds. The smallest absolute Gasteiger partial charge is 0.233 e. The summed E-state index contributed by atoms with van der Waals surface area (Å²) in [6.07, 6.45) is 0. The van der Waals surface area contributed by atoms with Crippen LogP contribution in [0.4, 0.5) is 0 Å². The number of ether oxygens (including phenoxy) is 2. The second kappa shape index (κ2) is 9.65. The highest BCUT2D eigenvalue weighted by atomic mass is 32.2. The molecule has 8 heteroatoms. The Hall–Kier alpha value is -3.00. The number of nitrogens with zero attached hydrogens (tertiary/aromatic N) is 4. The van der Waals surface area contributed by atoms with Crippen LogP contribution < -0.4 is 9.47 Å². The highest BCUT2D eigenvalue weighted by molar-refractivity contribution is 7.99. The third kappa shape index (κ3) is 4.60. The van der Waals surface area contributed by atoms with Crippen molar-refractivity contribution in [3.8, 4) is 17.2 Å². The lowest BCUT2D eigenvalue weighted by Gasteiger charge is -2.25. The quantitative estimate of drug-likeness (QED) is 0.503. The number of aryl methyl sites for hydroxylation is 3. The number of aromatic nitrogens is 3. The zero-order valence-corrected chi connectivity index (χ0v) is 19.7. The van der Waals surface area contributed by atoms with E-state index < -0.39 is 0 Å². The average Bonchev–Trinajstić information content (AvgIpc) is 3.17.